The Bertz CT molecular complexity index is 409. The molecular formula is C14H17NO. The van der Waals surface area contributed by atoms with Gasteiger partial charge < -0.3 is 5.73 Å². The maximum absolute atomic E-state index is 11.7. The lowest BCUT2D eigenvalue weighted by atomic mass is 9.99. The Balaban J connectivity index is 2.73. The average Bonchev–Trinajstić information content (AvgIpc) is 2.16. The van der Waals surface area contributed by atoms with E-state index >= 15 is 0 Å². The lowest BCUT2D eigenvalue weighted by molar-refractivity contribution is -0.119. The van der Waals surface area contributed by atoms with Crippen LogP contribution < -0.4 is 5.73 Å². The third-order valence-corrected chi connectivity index (χ3v) is 2.41. The first-order valence-electron chi connectivity index (χ1n) is 5.32. The van der Waals surface area contributed by atoms with Crippen molar-refractivity contribution in [3.8, 4) is 12.3 Å². The zero-order chi connectivity index (χ0) is 12.1. The lowest BCUT2D eigenvalue weighted by Gasteiger charge is -2.08. The van der Waals surface area contributed by atoms with Gasteiger partial charge in [0.25, 0.3) is 0 Å². The molecule has 2 nitrogen and oxygen atoms in total. The molecule has 1 aromatic rings. The van der Waals surface area contributed by atoms with Crippen LogP contribution in [0.15, 0.2) is 18.2 Å². The van der Waals surface area contributed by atoms with Crippen molar-refractivity contribution in [2.45, 2.75) is 32.7 Å². The van der Waals surface area contributed by atoms with Gasteiger partial charge in [-0.05, 0) is 19.4 Å². The molecule has 2 N–H and O–H groups in total. The maximum atomic E-state index is 11.7. The molecule has 0 aliphatic heterocycles. The Hall–Kier alpha value is -1.59. The van der Waals surface area contributed by atoms with Crippen LogP contribution in [-0.2, 0) is 11.2 Å². The van der Waals surface area contributed by atoms with Crippen molar-refractivity contribution in [1.82, 2.24) is 0 Å². The second-order valence-electron chi connectivity index (χ2n) is 4.15. The molecule has 2 heteroatoms. The van der Waals surface area contributed by atoms with Crippen LogP contribution in [0.2, 0.25) is 0 Å². The molecule has 0 amide bonds. The molecule has 0 aliphatic carbocycles. The summed E-state index contributed by atoms with van der Waals surface area (Å²) < 4.78 is 0. The van der Waals surface area contributed by atoms with E-state index in [1.165, 1.54) is 0 Å². The number of hydrogen-bond donors (Lipinski definition) is 1. The van der Waals surface area contributed by atoms with E-state index in [1.807, 2.05) is 26.0 Å². The Kier molecular flexibility index (Phi) is 4.28. The Morgan fingerprint density at radius 1 is 1.38 bits per heavy atom. The van der Waals surface area contributed by atoms with E-state index in [9.17, 15) is 4.79 Å². The monoisotopic (exact) mass is 215 g/mol. The number of carbonyl (C=O) groups excluding carboxylic acids is 1. The minimum Gasteiger partial charge on any atom is -0.321 e. The van der Waals surface area contributed by atoms with Gasteiger partial charge in [0.05, 0.1) is 6.04 Å². The summed E-state index contributed by atoms with van der Waals surface area (Å²) >= 11 is 0. The summed E-state index contributed by atoms with van der Waals surface area (Å²) in [5.41, 5.74) is 8.99. The van der Waals surface area contributed by atoms with Crippen LogP contribution in [0.3, 0.4) is 0 Å². The predicted molar refractivity (Wildman–Crippen MR) is 66.1 cm³/mol. The van der Waals surface area contributed by atoms with E-state index in [0.717, 1.165) is 16.7 Å². The maximum Gasteiger partial charge on any atom is 0.154 e. The fraction of sp³-hybridized carbons (Fsp3) is 0.357. The van der Waals surface area contributed by atoms with Gasteiger partial charge in [-0.2, -0.15) is 0 Å². The first kappa shape index (κ1) is 12.5. The first-order valence-corrected chi connectivity index (χ1v) is 5.32. The van der Waals surface area contributed by atoms with E-state index in [1.54, 1.807) is 0 Å². The highest BCUT2D eigenvalue weighted by Gasteiger charge is 2.12. The highest BCUT2D eigenvalue weighted by molar-refractivity contribution is 5.86. The zero-order valence-electron chi connectivity index (χ0n) is 9.79. The molecule has 0 radical (unpaired) electrons. The first-order chi connectivity index (χ1) is 7.52. The Morgan fingerprint density at radius 3 is 2.44 bits per heavy atom. The van der Waals surface area contributed by atoms with E-state index in [-0.39, 0.29) is 5.78 Å². The van der Waals surface area contributed by atoms with Gasteiger partial charge in [0.15, 0.2) is 5.78 Å². The molecule has 1 atom stereocenters. The van der Waals surface area contributed by atoms with Crippen LogP contribution in [0.5, 0.6) is 0 Å². The van der Waals surface area contributed by atoms with Crippen LogP contribution in [-0.4, -0.2) is 11.8 Å². The van der Waals surface area contributed by atoms with Gasteiger partial charge in [-0.3, -0.25) is 4.79 Å². The summed E-state index contributed by atoms with van der Waals surface area (Å²) in [6.45, 7) is 4.03. The second-order valence-corrected chi connectivity index (χ2v) is 4.15. The van der Waals surface area contributed by atoms with Crippen molar-refractivity contribution in [3.63, 3.8) is 0 Å². The predicted octanol–water partition coefficient (Wildman–Crippen LogP) is 1.77. The number of hydrogen-bond acceptors (Lipinski definition) is 2. The van der Waals surface area contributed by atoms with Crippen LogP contribution in [0.25, 0.3) is 0 Å². The van der Waals surface area contributed by atoms with Crippen LogP contribution in [0, 0.1) is 26.2 Å². The molecule has 0 spiro atoms. The topological polar surface area (TPSA) is 43.1 Å². The molecule has 0 saturated heterocycles. The number of aryl methyl sites for hydroxylation is 2. The molecule has 0 bridgehead atoms. The summed E-state index contributed by atoms with van der Waals surface area (Å²) in [6.07, 6.45) is 5.80. The molecule has 1 aromatic carbocycles. The fourth-order valence-electron chi connectivity index (χ4n) is 1.74. The van der Waals surface area contributed by atoms with Crippen molar-refractivity contribution in [1.29, 1.82) is 0 Å². The minimum absolute atomic E-state index is 0.00273. The van der Waals surface area contributed by atoms with E-state index < -0.39 is 6.04 Å². The van der Waals surface area contributed by atoms with Crippen molar-refractivity contribution >= 4 is 5.78 Å². The van der Waals surface area contributed by atoms with Crippen molar-refractivity contribution in [2.75, 3.05) is 0 Å². The van der Waals surface area contributed by atoms with Gasteiger partial charge in [-0.25, -0.2) is 0 Å². The standard InChI is InChI=1S/C14H17NO/c1-4-5-13(15)14(16)9-12-7-10(2)6-11(3)8-12/h1,6-8,13H,5,9,15H2,2-3H3. The lowest BCUT2D eigenvalue weighted by Crippen LogP contribution is -2.31. The molecule has 0 fully saturated rings. The van der Waals surface area contributed by atoms with Gasteiger partial charge in [-0.15, -0.1) is 12.3 Å². The second kappa shape index (κ2) is 5.48. The largest absolute Gasteiger partial charge is 0.321 e. The quantitative estimate of drug-likeness (QED) is 0.778. The number of Topliss-reactive ketones (excluding diaryl/α,β-unsaturated/α-hetero) is 1. The molecule has 1 unspecified atom stereocenters. The summed E-state index contributed by atoms with van der Waals surface area (Å²) in [5, 5.41) is 0. The molecule has 0 saturated carbocycles. The van der Waals surface area contributed by atoms with Gasteiger partial charge in [0, 0.05) is 12.8 Å². The van der Waals surface area contributed by atoms with E-state index in [4.69, 9.17) is 12.2 Å². The smallest absolute Gasteiger partial charge is 0.154 e. The van der Waals surface area contributed by atoms with Crippen LogP contribution >= 0.6 is 0 Å². The third-order valence-electron chi connectivity index (χ3n) is 2.41. The van der Waals surface area contributed by atoms with Crippen molar-refractivity contribution in [3.05, 3.63) is 34.9 Å². The molecule has 0 aromatic heterocycles. The summed E-state index contributed by atoms with van der Waals surface area (Å²) in [4.78, 5) is 11.7. The van der Waals surface area contributed by atoms with Gasteiger partial charge in [0.2, 0.25) is 0 Å². The average molecular weight is 215 g/mol. The molecule has 0 aliphatic rings. The Morgan fingerprint density at radius 2 is 1.94 bits per heavy atom. The van der Waals surface area contributed by atoms with Gasteiger partial charge in [0.1, 0.15) is 0 Å². The number of nitrogens with two attached hydrogens (primary N) is 1. The minimum atomic E-state index is -0.536. The number of benzene rings is 1. The number of rotatable bonds is 4. The summed E-state index contributed by atoms with van der Waals surface area (Å²) in [5.74, 6) is 2.41. The SMILES string of the molecule is C#CCC(N)C(=O)Cc1cc(C)cc(C)c1. The third kappa shape index (κ3) is 3.52. The van der Waals surface area contributed by atoms with E-state index in [2.05, 4.69) is 12.0 Å². The molecular weight excluding hydrogens is 198 g/mol. The molecule has 0 heterocycles. The number of ketones is 1. The van der Waals surface area contributed by atoms with Crippen LogP contribution in [0.4, 0.5) is 0 Å². The molecule has 16 heavy (non-hydrogen) atoms. The normalized spacial score (nSPS) is 11.9. The highest BCUT2D eigenvalue weighted by Crippen LogP contribution is 2.10. The van der Waals surface area contributed by atoms with Gasteiger partial charge >= 0.3 is 0 Å². The highest BCUT2D eigenvalue weighted by atomic mass is 16.1. The number of terminal acetylenes is 1. The Labute approximate surface area is 96.9 Å². The van der Waals surface area contributed by atoms with Crippen molar-refractivity contribution < 1.29 is 4.79 Å². The summed E-state index contributed by atoms with van der Waals surface area (Å²) in [6, 6.07) is 5.56. The van der Waals surface area contributed by atoms with Gasteiger partial charge in [-0.1, -0.05) is 29.3 Å². The number of carbonyl (C=O) groups is 1. The summed E-state index contributed by atoms with van der Waals surface area (Å²) in [7, 11) is 0. The molecule has 84 valence electrons. The fourth-order valence-corrected chi connectivity index (χ4v) is 1.74. The van der Waals surface area contributed by atoms with Crippen molar-refractivity contribution in [2.24, 2.45) is 5.73 Å². The molecule has 1 rings (SSSR count). The zero-order valence-corrected chi connectivity index (χ0v) is 9.79. The van der Waals surface area contributed by atoms with Crippen LogP contribution in [0.1, 0.15) is 23.1 Å². The van der Waals surface area contributed by atoms with E-state index in [0.29, 0.717) is 12.8 Å².